The summed E-state index contributed by atoms with van der Waals surface area (Å²) in [5, 5.41) is 9.62. The molecule has 1 N–H and O–H groups in total. The van der Waals surface area contributed by atoms with E-state index < -0.39 is 37.1 Å². The molecule has 0 fully saturated rings. The van der Waals surface area contributed by atoms with E-state index in [0.717, 1.165) is 6.20 Å². The smallest absolute Gasteiger partial charge is 0.503 e. The van der Waals surface area contributed by atoms with Gasteiger partial charge in [0.25, 0.3) is 5.88 Å². The number of esters is 1. The van der Waals surface area contributed by atoms with Crippen molar-refractivity contribution in [3.05, 3.63) is 17.3 Å². The first kappa shape index (κ1) is 16.0. The van der Waals surface area contributed by atoms with E-state index in [4.69, 9.17) is 0 Å². The summed E-state index contributed by atoms with van der Waals surface area (Å²) in [6.45, 7) is 0.460. The second-order valence-corrected chi connectivity index (χ2v) is 3.58. The van der Waals surface area contributed by atoms with E-state index in [2.05, 4.69) is 14.5 Å². The van der Waals surface area contributed by atoms with Crippen molar-refractivity contribution in [3.8, 4) is 11.6 Å². The Balaban J connectivity index is 3.12. The highest BCUT2D eigenvalue weighted by Crippen LogP contribution is 2.34. The number of carbonyl (C=O) groups excluding carboxylic acids is 1. The number of aromatic nitrogens is 1. The first-order valence-corrected chi connectivity index (χ1v) is 5.45. The number of nitrogens with zero attached hydrogens (tertiary/aromatic N) is 1. The maximum atomic E-state index is 12.7. The molecule has 112 valence electrons. The first-order valence-electron chi connectivity index (χ1n) is 5.45. The summed E-state index contributed by atoms with van der Waals surface area (Å²) in [6.07, 6.45) is -4.89. The van der Waals surface area contributed by atoms with E-state index in [1.807, 2.05) is 0 Å². The van der Waals surface area contributed by atoms with Gasteiger partial charge in [-0.15, -0.1) is 13.2 Å². The van der Waals surface area contributed by atoms with E-state index in [9.17, 15) is 27.5 Å². The molecule has 1 aromatic heterocycles. The van der Waals surface area contributed by atoms with Crippen LogP contribution in [0.1, 0.15) is 18.1 Å². The van der Waals surface area contributed by atoms with E-state index in [0.29, 0.717) is 0 Å². The van der Waals surface area contributed by atoms with Crippen molar-refractivity contribution in [2.75, 3.05) is 6.61 Å². The lowest BCUT2D eigenvalue weighted by molar-refractivity contribution is -0.276. The van der Waals surface area contributed by atoms with Crippen LogP contribution in [-0.2, 0) is 22.6 Å². The van der Waals surface area contributed by atoms with E-state index >= 15 is 0 Å². The molecule has 1 rings (SSSR count). The van der Waals surface area contributed by atoms with Crippen LogP contribution in [0.5, 0.6) is 11.6 Å². The second kappa shape index (κ2) is 6.40. The van der Waals surface area contributed by atoms with Crippen LogP contribution in [0.4, 0.5) is 17.6 Å². The minimum Gasteiger partial charge on any atom is -0.503 e. The number of ether oxygens (including phenoxy) is 2. The Morgan fingerprint density at radius 3 is 2.60 bits per heavy atom. The Labute approximate surface area is 111 Å². The molecule has 0 bridgehead atoms. The molecule has 0 radical (unpaired) electrons. The SMILES string of the molecule is CCOC(=O)Cc1c(CF)cnc(OC(F)(F)F)c1O. The van der Waals surface area contributed by atoms with E-state index in [1.54, 1.807) is 0 Å². The summed E-state index contributed by atoms with van der Waals surface area (Å²) in [5.41, 5.74) is -0.565. The van der Waals surface area contributed by atoms with Crippen LogP contribution in [0.3, 0.4) is 0 Å². The van der Waals surface area contributed by atoms with Crippen molar-refractivity contribution in [1.29, 1.82) is 0 Å². The lowest BCUT2D eigenvalue weighted by atomic mass is 10.1. The molecule has 0 atom stereocenters. The molecule has 1 aromatic rings. The molecule has 0 aromatic carbocycles. The van der Waals surface area contributed by atoms with Gasteiger partial charge in [-0.1, -0.05) is 0 Å². The number of carbonyl (C=O) groups is 1. The Kier molecular flexibility index (Phi) is 5.12. The third-order valence-electron chi connectivity index (χ3n) is 2.20. The van der Waals surface area contributed by atoms with Gasteiger partial charge in [-0.05, 0) is 6.92 Å². The number of pyridine rings is 1. The van der Waals surface area contributed by atoms with Crippen LogP contribution in [0.25, 0.3) is 0 Å². The Bertz CT molecular complexity index is 490. The maximum absolute atomic E-state index is 12.7. The van der Waals surface area contributed by atoms with Crippen molar-refractivity contribution in [1.82, 2.24) is 4.98 Å². The average Bonchev–Trinajstić information content (AvgIpc) is 2.33. The number of rotatable bonds is 5. The van der Waals surface area contributed by atoms with Gasteiger partial charge in [0.15, 0.2) is 5.75 Å². The standard InChI is InChI=1S/C11H11F4NO4/c1-2-19-8(17)3-7-6(4-12)5-16-10(9(7)18)20-11(13,14)15/h5,18H,2-4H2,1H3. The first-order chi connectivity index (χ1) is 9.28. The fraction of sp³-hybridized carbons (Fsp3) is 0.455. The number of aromatic hydroxyl groups is 1. The third-order valence-corrected chi connectivity index (χ3v) is 2.20. The fourth-order valence-electron chi connectivity index (χ4n) is 1.41. The van der Waals surface area contributed by atoms with Gasteiger partial charge in [-0.2, -0.15) is 0 Å². The Hall–Kier alpha value is -2.06. The Morgan fingerprint density at radius 2 is 2.10 bits per heavy atom. The highest BCUT2D eigenvalue weighted by Gasteiger charge is 2.34. The predicted molar refractivity (Wildman–Crippen MR) is 57.7 cm³/mol. The van der Waals surface area contributed by atoms with Crippen molar-refractivity contribution in [2.24, 2.45) is 0 Å². The maximum Gasteiger partial charge on any atom is 0.574 e. The van der Waals surface area contributed by atoms with Gasteiger partial charge in [0.05, 0.1) is 13.0 Å². The van der Waals surface area contributed by atoms with Crippen LogP contribution in [0.2, 0.25) is 0 Å². The summed E-state index contributed by atoms with van der Waals surface area (Å²) in [6, 6.07) is 0. The lowest BCUT2D eigenvalue weighted by Crippen LogP contribution is -2.19. The van der Waals surface area contributed by atoms with Crippen LogP contribution >= 0.6 is 0 Å². The number of halogens is 4. The van der Waals surface area contributed by atoms with Gasteiger partial charge in [0.2, 0.25) is 0 Å². The van der Waals surface area contributed by atoms with Gasteiger partial charge in [0.1, 0.15) is 6.67 Å². The zero-order valence-electron chi connectivity index (χ0n) is 10.3. The molecular weight excluding hydrogens is 286 g/mol. The van der Waals surface area contributed by atoms with E-state index in [1.165, 1.54) is 6.92 Å². The monoisotopic (exact) mass is 297 g/mol. The zero-order valence-corrected chi connectivity index (χ0v) is 10.3. The summed E-state index contributed by atoms with van der Waals surface area (Å²) in [5.74, 6) is -3.00. The third kappa shape index (κ3) is 4.25. The minimum absolute atomic E-state index is 0.0432. The highest BCUT2D eigenvalue weighted by atomic mass is 19.4. The number of hydrogen-bond acceptors (Lipinski definition) is 5. The molecule has 0 aliphatic heterocycles. The van der Waals surface area contributed by atoms with Crippen molar-refractivity contribution < 1.29 is 36.9 Å². The molecule has 9 heteroatoms. The van der Waals surface area contributed by atoms with E-state index in [-0.39, 0.29) is 17.7 Å². The molecule has 0 aliphatic rings. The number of hydrogen-bond donors (Lipinski definition) is 1. The summed E-state index contributed by atoms with van der Waals surface area (Å²) in [4.78, 5) is 14.5. The van der Waals surface area contributed by atoms with Gasteiger partial charge in [-0.3, -0.25) is 4.79 Å². The second-order valence-electron chi connectivity index (χ2n) is 3.58. The topological polar surface area (TPSA) is 68.7 Å². The molecule has 5 nitrogen and oxygen atoms in total. The van der Waals surface area contributed by atoms with Gasteiger partial charge >= 0.3 is 12.3 Å². The summed E-state index contributed by atoms with van der Waals surface area (Å²) >= 11 is 0. The summed E-state index contributed by atoms with van der Waals surface area (Å²) < 4.78 is 57.0. The predicted octanol–water partition coefficient (Wildman–Crippen LogP) is 2.26. The highest BCUT2D eigenvalue weighted by molar-refractivity contribution is 5.74. The van der Waals surface area contributed by atoms with Crippen molar-refractivity contribution in [3.63, 3.8) is 0 Å². The fourth-order valence-corrected chi connectivity index (χ4v) is 1.41. The Morgan fingerprint density at radius 1 is 1.45 bits per heavy atom. The van der Waals surface area contributed by atoms with Crippen molar-refractivity contribution in [2.45, 2.75) is 26.4 Å². The molecule has 0 unspecified atom stereocenters. The van der Waals surface area contributed by atoms with Crippen LogP contribution in [0.15, 0.2) is 6.20 Å². The van der Waals surface area contributed by atoms with Gasteiger partial charge in [0, 0.05) is 17.3 Å². The lowest BCUT2D eigenvalue weighted by Gasteiger charge is -2.13. The van der Waals surface area contributed by atoms with Gasteiger partial charge in [-0.25, -0.2) is 9.37 Å². The minimum atomic E-state index is -5.07. The normalized spacial score (nSPS) is 11.2. The van der Waals surface area contributed by atoms with Crippen molar-refractivity contribution >= 4 is 5.97 Å². The molecule has 1 heterocycles. The zero-order chi connectivity index (χ0) is 15.3. The molecule has 0 saturated carbocycles. The molecule has 0 saturated heterocycles. The largest absolute Gasteiger partial charge is 0.574 e. The molecular formula is C11H11F4NO4. The average molecular weight is 297 g/mol. The van der Waals surface area contributed by atoms with Gasteiger partial charge < -0.3 is 14.6 Å². The number of alkyl halides is 4. The van der Waals surface area contributed by atoms with Crippen LogP contribution in [-0.4, -0.2) is 29.0 Å². The molecule has 0 aliphatic carbocycles. The molecule has 0 amide bonds. The van der Waals surface area contributed by atoms with Crippen LogP contribution in [0, 0.1) is 0 Å². The molecule has 0 spiro atoms. The quantitative estimate of drug-likeness (QED) is 0.667. The summed E-state index contributed by atoms with van der Waals surface area (Å²) in [7, 11) is 0. The molecule has 20 heavy (non-hydrogen) atoms. The van der Waals surface area contributed by atoms with Crippen LogP contribution < -0.4 is 4.74 Å².